The summed E-state index contributed by atoms with van der Waals surface area (Å²) >= 11 is 0. The van der Waals surface area contributed by atoms with Crippen LogP contribution in [0.4, 0.5) is 0 Å². The minimum atomic E-state index is -0.314. The Bertz CT molecular complexity index is 264. The summed E-state index contributed by atoms with van der Waals surface area (Å²) < 4.78 is 0. The standard InChI is InChI=1S/C12H19NO2/c1-3-12(14)9-13(2)15-10-11-7-5-4-6-8-11/h4-8,12,14H,3,9-10H2,1-2H3. The van der Waals surface area contributed by atoms with Crippen molar-refractivity contribution in [1.29, 1.82) is 0 Å². The summed E-state index contributed by atoms with van der Waals surface area (Å²) in [6.07, 6.45) is 0.435. The zero-order valence-electron chi connectivity index (χ0n) is 9.39. The Balaban J connectivity index is 2.25. The molecule has 0 aliphatic rings. The summed E-state index contributed by atoms with van der Waals surface area (Å²) in [5.41, 5.74) is 1.13. The van der Waals surface area contributed by atoms with Gasteiger partial charge < -0.3 is 5.11 Å². The number of likely N-dealkylation sites (N-methyl/N-ethyl adjacent to an activating group) is 1. The fraction of sp³-hybridized carbons (Fsp3) is 0.500. The molecule has 84 valence electrons. The number of benzene rings is 1. The van der Waals surface area contributed by atoms with Crippen LogP contribution in [0.5, 0.6) is 0 Å². The molecule has 3 heteroatoms. The molecule has 0 radical (unpaired) electrons. The molecule has 1 aromatic rings. The molecule has 0 amide bonds. The zero-order chi connectivity index (χ0) is 11.1. The van der Waals surface area contributed by atoms with Gasteiger partial charge in [0, 0.05) is 13.6 Å². The zero-order valence-corrected chi connectivity index (χ0v) is 9.39. The molecule has 3 nitrogen and oxygen atoms in total. The Morgan fingerprint density at radius 1 is 1.33 bits per heavy atom. The number of aliphatic hydroxyl groups excluding tert-OH is 1. The van der Waals surface area contributed by atoms with Gasteiger partial charge >= 0.3 is 0 Å². The third-order valence-electron chi connectivity index (χ3n) is 2.23. The predicted molar refractivity (Wildman–Crippen MR) is 60.2 cm³/mol. The van der Waals surface area contributed by atoms with Crippen LogP contribution in [0, 0.1) is 0 Å². The average molecular weight is 209 g/mol. The van der Waals surface area contributed by atoms with Crippen LogP contribution in [0.1, 0.15) is 18.9 Å². The lowest BCUT2D eigenvalue weighted by atomic mass is 10.2. The smallest absolute Gasteiger partial charge is 0.0935 e. The third-order valence-corrected chi connectivity index (χ3v) is 2.23. The molecule has 1 N–H and O–H groups in total. The fourth-order valence-corrected chi connectivity index (χ4v) is 1.24. The van der Waals surface area contributed by atoms with Gasteiger partial charge in [0.25, 0.3) is 0 Å². The SMILES string of the molecule is CCC(O)CN(C)OCc1ccccc1. The van der Waals surface area contributed by atoms with Crippen molar-refractivity contribution >= 4 is 0 Å². The summed E-state index contributed by atoms with van der Waals surface area (Å²) in [5.74, 6) is 0. The highest BCUT2D eigenvalue weighted by atomic mass is 16.7. The summed E-state index contributed by atoms with van der Waals surface area (Å²) in [6, 6.07) is 9.99. The first kappa shape index (κ1) is 12.2. The van der Waals surface area contributed by atoms with E-state index in [1.807, 2.05) is 44.3 Å². The van der Waals surface area contributed by atoms with E-state index < -0.39 is 0 Å². The molecule has 0 saturated carbocycles. The van der Waals surface area contributed by atoms with E-state index in [0.29, 0.717) is 13.2 Å². The lowest BCUT2D eigenvalue weighted by Crippen LogP contribution is -2.28. The van der Waals surface area contributed by atoms with Gasteiger partial charge in [0.05, 0.1) is 12.7 Å². The maximum absolute atomic E-state index is 9.40. The Morgan fingerprint density at radius 2 is 2.00 bits per heavy atom. The number of nitrogens with zero attached hydrogens (tertiary/aromatic N) is 1. The lowest BCUT2D eigenvalue weighted by molar-refractivity contribution is -0.164. The number of aliphatic hydroxyl groups is 1. The predicted octanol–water partition coefficient (Wildman–Crippen LogP) is 1.82. The quantitative estimate of drug-likeness (QED) is 0.725. The number of hydrogen-bond donors (Lipinski definition) is 1. The van der Waals surface area contributed by atoms with Crippen LogP contribution >= 0.6 is 0 Å². The van der Waals surface area contributed by atoms with E-state index in [4.69, 9.17) is 4.84 Å². The van der Waals surface area contributed by atoms with Crippen LogP contribution in [-0.2, 0) is 11.4 Å². The van der Waals surface area contributed by atoms with Crippen molar-refractivity contribution < 1.29 is 9.94 Å². The van der Waals surface area contributed by atoms with Gasteiger partial charge in [0.2, 0.25) is 0 Å². The average Bonchev–Trinajstić information content (AvgIpc) is 2.27. The highest BCUT2D eigenvalue weighted by molar-refractivity contribution is 5.13. The molecule has 0 heterocycles. The summed E-state index contributed by atoms with van der Waals surface area (Å²) in [5, 5.41) is 11.1. The van der Waals surface area contributed by atoms with E-state index >= 15 is 0 Å². The largest absolute Gasteiger partial charge is 0.392 e. The minimum absolute atomic E-state index is 0.314. The second kappa shape index (κ2) is 6.56. The Hall–Kier alpha value is -0.900. The molecule has 0 saturated heterocycles. The monoisotopic (exact) mass is 209 g/mol. The summed E-state index contributed by atoms with van der Waals surface area (Å²) in [4.78, 5) is 5.47. The van der Waals surface area contributed by atoms with Crippen LogP contribution < -0.4 is 0 Å². The molecule has 0 fully saturated rings. The molecule has 1 rings (SSSR count). The topological polar surface area (TPSA) is 32.7 Å². The molecular formula is C12H19NO2. The van der Waals surface area contributed by atoms with Crippen LogP contribution in [0.15, 0.2) is 30.3 Å². The molecule has 1 unspecified atom stereocenters. The van der Waals surface area contributed by atoms with Crippen molar-refractivity contribution in [3.63, 3.8) is 0 Å². The maximum Gasteiger partial charge on any atom is 0.0935 e. The second-order valence-electron chi connectivity index (χ2n) is 3.63. The Labute approximate surface area is 91.2 Å². The first-order chi connectivity index (χ1) is 7.22. The fourth-order valence-electron chi connectivity index (χ4n) is 1.24. The minimum Gasteiger partial charge on any atom is -0.392 e. The van der Waals surface area contributed by atoms with Crippen LogP contribution in [0.2, 0.25) is 0 Å². The molecule has 1 aromatic carbocycles. The van der Waals surface area contributed by atoms with Gasteiger partial charge in [0.1, 0.15) is 0 Å². The van der Waals surface area contributed by atoms with Crippen LogP contribution in [-0.4, -0.2) is 29.9 Å². The van der Waals surface area contributed by atoms with Crippen molar-refractivity contribution in [3.8, 4) is 0 Å². The van der Waals surface area contributed by atoms with E-state index in [2.05, 4.69) is 0 Å². The molecule has 0 aliphatic carbocycles. The normalized spacial score (nSPS) is 13.1. The number of hydrogen-bond acceptors (Lipinski definition) is 3. The van der Waals surface area contributed by atoms with Crippen molar-refractivity contribution in [3.05, 3.63) is 35.9 Å². The van der Waals surface area contributed by atoms with E-state index in [1.165, 1.54) is 0 Å². The van der Waals surface area contributed by atoms with Crippen molar-refractivity contribution in [1.82, 2.24) is 5.06 Å². The summed E-state index contributed by atoms with van der Waals surface area (Å²) in [6.45, 7) is 3.05. The van der Waals surface area contributed by atoms with Gasteiger partial charge in [-0.3, -0.25) is 4.84 Å². The third kappa shape index (κ3) is 4.93. The number of hydroxylamine groups is 2. The molecule has 0 bridgehead atoms. The first-order valence-electron chi connectivity index (χ1n) is 5.28. The Kier molecular flexibility index (Phi) is 5.32. The van der Waals surface area contributed by atoms with Gasteiger partial charge in [-0.05, 0) is 12.0 Å². The van der Waals surface area contributed by atoms with Gasteiger partial charge in [-0.2, -0.15) is 5.06 Å². The van der Waals surface area contributed by atoms with Crippen LogP contribution in [0.25, 0.3) is 0 Å². The van der Waals surface area contributed by atoms with E-state index in [9.17, 15) is 5.11 Å². The van der Waals surface area contributed by atoms with Gasteiger partial charge in [-0.25, -0.2) is 0 Å². The molecule has 0 aliphatic heterocycles. The van der Waals surface area contributed by atoms with E-state index in [0.717, 1.165) is 12.0 Å². The van der Waals surface area contributed by atoms with E-state index in [-0.39, 0.29) is 6.10 Å². The molecule has 1 atom stereocenters. The van der Waals surface area contributed by atoms with Crippen molar-refractivity contribution in [2.24, 2.45) is 0 Å². The molecular weight excluding hydrogens is 190 g/mol. The van der Waals surface area contributed by atoms with Crippen molar-refractivity contribution in [2.75, 3.05) is 13.6 Å². The molecule has 0 aromatic heterocycles. The van der Waals surface area contributed by atoms with Crippen LogP contribution in [0.3, 0.4) is 0 Å². The van der Waals surface area contributed by atoms with Gasteiger partial charge in [-0.1, -0.05) is 37.3 Å². The summed E-state index contributed by atoms with van der Waals surface area (Å²) in [7, 11) is 1.84. The lowest BCUT2D eigenvalue weighted by Gasteiger charge is -2.19. The number of rotatable bonds is 6. The Morgan fingerprint density at radius 3 is 2.60 bits per heavy atom. The van der Waals surface area contributed by atoms with Crippen molar-refractivity contribution in [2.45, 2.75) is 26.1 Å². The highest BCUT2D eigenvalue weighted by Gasteiger charge is 2.05. The van der Waals surface area contributed by atoms with E-state index in [1.54, 1.807) is 5.06 Å². The molecule has 0 spiro atoms. The van der Waals surface area contributed by atoms with Gasteiger partial charge in [-0.15, -0.1) is 0 Å². The maximum atomic E-state index is 9.40. The second-order valence-corrected chi connectivity index (χ2v) is 3.63. The highest BCUT2D eigenvalue weighted by Crippen LogP contribution is 2.02. The first-order valence-corrected chi connectivity index (χ1v) is 5.28. The molecule has 15 heavy (non-hydrogen) atoms. The van der Waals surface area contributed by atoms with Gasteiger partial charge in [0.15, 0.2) is 0 Å².